The highest BCUT2D eigenvalue weighted by molar-refractivity contribution is 7.92. The Morgan fingerprint density at radius 3 is 2.44 bits per heavy atom. The van der Waals surface area contributed by atoms with E-state index in [1.54, 1.807) is 61.7 Å². The number of hydrogen-bond donors (Lipinski definition) is 2. The van der Waals surface area contributed by atoms with Crippen LogP contribution in [0, 0.1) is 6.92 Å². The van der Waals surface area contributed by atoms with Gasteiger partial charge in [-0.2, -0.15) is 0 Å². The summed E-state index contributed by atoms with van der Waals surface area (Å²) in [4.78, 5) is 4.39. The molecule has 1 aromatic heterocycles. The Labute approximate surface area is 151 Å². The molecule has 0 aliphatic heterocycles. The molecule has 25 heavy (non-hydrogen) atoms. The van der Waals surface area contributed by atoms with Crippen LogP contribution in [0.5, 0.6) is 0 Å². The van der Waals surface area contributed by atoms with Gasteiger partial charge in [-0.3, -0.25) is 4.72 Å². The maximum atomic E-state index is 12.5. The predicted molar refractivity (Wildman–Crippen MR) is 101 cm³/mol. The Hall–Kier alpha value is -2.57. The summed E-state index contributed by atoms with van der Waals surface area (Å²) < 4.78 is 27.4. The summed E-state index contributed by atoms with van der Waals surface area (Å²) in [6.07, 6.45) is 1.55. The fraction of sp³-hybridized carbons (Fsp3) is 0.0556. The molecule has 0 unspecified atom stereocenters. The molecule has 0 saturated heterocycles. The smallest absolute Gasteiger partial charge is 0.263 e. The van der Waals surface area contributed by atoms with E-state index in [-0.39, 0.29) is 10.7 Å². The van der Waals surface area contributed by atoms with Crippen LogP contribution in [0.1, 0.15) is 5.56 Å². The number of rotatable bonds is 5. The van der Waals surface area contributed by atoms with E-state index in [1.165, 1.54) is 0 Å². The van der Waals surface area contributed by atoms with Crippen LogP contribution >= 0.6 is 11.6 Å². The lowest BCUT2D eigenvalue weighted by molar-refractivity contribution is 0.600. The van der Waals surface area contributed by atoms with Crippen LogP contribution in [0.2, 0.25) is 5.02 Å². The maximum Gasteiger partial charge on any atom is 0.263 e. The molecule has 2 aromatic carbocycles. The Morgan fingerprint density at radius 1 is 0.960 bits per heavy atom. The van der Waals surface area contributed by atoms with Crippen LogP contribution in [-0.4, -0.2) is 13.4 Å². The number of anilines is 3. The molecule has 0 bridgehead atoms. The standard InChI is InChI=1S/C18H16ClN3O2S/c1-13-5-2-3-8-17(13)25(23,24)22-18-10-9-16(12-20-18)21-15-7-4-6-14(19)11-15/h2-12,21H,1H3,(H,20,22). The fourth-order valence-corrected chi connectivity index (χ4v) is 3.76. The molecule has 3 rings (SSSR count). The zero-order valence-electron chi connectivity index (χ0n) is 13.4. The molecule has 2 N–H and O–H groups in total. The Kier molecular flexibility index (Phi) is 4.92. The Morgan fingerprint density at radius 2 is 1.76 bits per heavy atom. The van der Waals surface area contributed by atoms with Crippen molar-refractivity contribution < 1.29 is 8.42 Å². The normalized spacial score (nSPS) is 11.1. The second kappa shape index (κ2) is 7.13. The predicted octanol–water partition coefficient (Wildman–Crippen LogP) is 4.59. The zero-order valence-corrected chi connectivity index (χ0v) is 15.0. The monoisotopic (exact) mass is 373 g/mol. The van der Waals surface area contributed by atoms with E-state index in [1.807, 2.05) is 12.1 Å². The summed E-state index contributed by atoms with van der Waals surface area (Å²) in [7, 11) is -3.67. The lowest BCUT2D eigenvalue weighted by atomic mass is 10.2. The van der Waals surface area contributed by atoms with E-state index in [4.69, 9.17) is 11.6 Å². The number of pyridine rings is 1. The number of sulfonamides is 1. The third-order valence-corrected chi connectivity index (χ3v) is 5.25. The van der Waals surface area contributed by atoms with Crippen molar-refractivity contribution in [3.05, 3.63) is 77.4 Å². The van der Waals surface area contributed by atoms with E-state index >= 15 is 0 Å². The molecular formula is C18H16ClN3O2S. The molecule has 0 saturated carbocycles. The SMILES string of the molecule is Cc1ccccc1S(=O)(=O)Nc1ccc(Nc2cccc(Cl)c2)cn1. The van der Waals surface area contributed by atoms with Crippen LogP contribution in [0.25, 0.3) is 0 Å². The minimum atomic E-state index is -3.67. The van der Waals surface area contributed by atoms with Gasteiger partial charge in [-0.25, -0.2) is 13.4 Å². The summed E-state index contributed by atoms with van der Waals surface area (Å²) >= 11 is 5.95. The van der Waals surface area contributed by atoms with Gasteiger partial charge < -0.3 is 5.32 Å². The van der Waals surface area contributed by atoms with Gasteiger partial charge in [0, 0.05) is 10.7 Å². The summed E-state index contributed by atoms with van der Waals surface area (Å²) in [5, 5.41) is 3.78. The van der Waals surface area contributed by atoms with Gasteiger partial charge in [-0.05, 0) is 48.9 Å². The molecule has 0 fully saturated rings. The second-order valence-corrected chi connectivity index (χ2v) is 7.53. The van der Waals surface area contributed by atoms with Gasteiger partial charge in [0.25, 0.3) is 10.0 Å². The van der Waals surface area contributed by atoms with Crippen LogP contribution < -0.4 is 10.0 Å². The number of aromatic nitrogens is 1. The van der Waals surface area contributed by atoms with E-state index in [9.17, 15) is 8.42 Å². The molecule has 0 radical (unpaired) electrons. The molecule has 128 valence electrons. The number of halogens is 1. The first-order chi connectivity index (χ1) is 11.9. The third-order valence-electron chi connectivity index (χ3n) is 3.50. The Balaban J connectivity index is 1.75. The second-order valence-electron chi connectivity index (χ2n) is 5.44. The molecule has 0 atom stereocenters. The highest BCUT2D eigenvalue weighted by Crippen LogP contribution is 2.22. The summed E-state index contributed by atoms with van der Waals surface area (Å²) in [6.45, 7) is 1.75. The lowest BCUT2D eigenvalue weighted by Crippen LogP contribution is -2.15. The molecule has 0 aliphatic rings. The van der Waals surface area contributed by atoms with Crippen molar-refractivity contribution in [1.82, 2.24) is 4.98 Å². The van der Waals surface area contributed by atoms with Crippen molar-refractivity contribution in [2.45, 2.75) is 11.8 Å². The molecule has 0 amide bonds. The summed E-state index contributed by atoms with van der Waals surface area (Å²) in [5.41, 5.74) is 2.22. The van der Waals surface area contributed by atoms with Crippen LogP contribution in [0.4, 0.5) is 17.2 Å². The van der Waals surface area contributed by atoms with Crippen LogP contribution in [-0.2, 0) is 10.0 Å². The third kappa shape index (κ3) is 4.29. The van der Waals surface area contributed by atoms with Gasteiger partial charge in [0.2, 0.25) is 0 Å². The van der Waals surface area contributed by atoms with Crippen molar-refractivity contribution in [3.8, 4) is 0 Å². The van der Waals surface area contributed by atoms with Crippen LogP contribution in [0.15, 0.2) is 71.8 Å². The first-order valence-corrected chi connectivity index (χ1v) is 9.37. The maximum absolute atomic E-state index is 12.5. The van der Waals surface area contributed by atoms with Crippen LogP contribution in [0.3, 0.4) is 0 Å². The van der Waals surface area contributed by atoms with E-state index < -0.39 is 10.0 Å². The van der Waals surface area contributed by atoms with Crippen molar-refractivity contribution >= 4 is 38.8 Å². The van der Waals surface area contributed by atoms with Gasteiger partial charge in [0.15, 0.2) is 0 Å². The molecule has 3 aromatic rings. The number of hydrogen-bond acceptors (Lipinski definition) is 4. The highest BCUT2D eigenvalue weighted by Gasteiger charge is 2.16. The molecule has 0 spiro atoms. The molecule has 7 heteroatoms. The van der Waals surface area contributed by atoms with Crippen molar-refractivity contribution in [2.75, 3.05) is 10.0 Å². The first kappa shape index (κ1) is 17.3. The van der Waals surface area contributed by atoms with E-state index in [2.05, 4.69) is 15.0 Å². The number of nitrogens with zero attached hydrogens (tertiary/aromatic N) is 1. The average Bonchev–Trinajstić information content (AvgIpc) is 2.57. The van der Waals surface area contributed by atoms with Gasteiger partial charge in [-0.1, -0.05) is 35.9 Å². The van der Waals surface area contributed by atoms with Crippen molar-refractivity contribution in [3.63, 3.8) is 0 Å². The van der Waals surface area contributed by atoms with Gasteiger partial charge in [0.05, 0.1) is 16.8 Å². The molecule has 1 heterocycles. The molecule has 5 nitrogen and oxygen atoms in total. The fourth-order valence-electron chi connectivity index (χ4n) is 2.31. The van der Waals surface area contributed by atoms with Gasteiger partial charge in [-0.15, -0.1) is 0 Å². The number of aryl methyl sites for hydroxylation is 1. The van der Waals surface area contributed by atoms with E-state index in [0.717, 1.165) is 11.4 Å². The summed E-state index contributed by atoms with van der Waals surface area (Å²) in [5.74, 6) is 0.250. The zero-order chi connectivity index (χ0) is 17.9. The van der Waals surface area contributed by atoms with Gasteiger partial charge >= 0.3 is 0 Å². The van der Waals surface area contributed by atoms with Crippen molar-refractivity contribution in [2.24, 2.45) is 0 Å². The topological polar surface area (TPSA) is 71.1 Å². The minimum absolute atomic E-state index is 0.234. The first-order valence-electron chi connectivity index (χ1n) is 7.51. The molecule has 0 aliphatic carbocycles. The minimum Gasteiger partial charge on any atom is -0.354 e. The quantitative estimate of drug-likeness (QED) is 0.686. The number of nitrogens with one attached hydrogen (secondary N) is 2. The summed E-state index contributed by atoms with van der Waals surface area (Å²) in [6, 6.07) is 17.4. The van der Waals surface area contributed by atoms with Crippen molar-refractivity contribution in [1.29, 1.82) is 0 Å². The Bertz CT molecular complexity index is 989. The average molecular weight is 374 g/mol. The lowest BCUT2D eigenvalue weighted by Gasteiger charge is -2.11. The highest BCUT2D eigenvalue weighted by atomic mass is 35.5. The largest absolute Gasteiger partial charge is 0.354 e. The number of benzene rings is 2. The molecular weight excluding hydrogens is 358 g/mol. The van der Waals surface area contributed by atoms with E-state index in [0.29, 0.717) is 10.6 Å². The van der Waals surface area contributed by atoms with Gasteiger partial charge in [0.1, 0.15) is 5.82 Å².